The molecule has 1 atom stereocenters. The summed E-state index contributed by atoms with van der Waals surface area (Å²) in [5.41, 5.74) is 0.0490. The van der Waals surface area contributed by atoms with Crippen LogP contribution in [0, 0.1) is 23.1 Å². The van der Waals surface area contributed by atoms with Crippen molar-refractivity contribution in [2.75, 3.05) is 5.32 Å². The fraction of sp³-hybridized carbons (Fsp3) is 0.267. The van der Waals surface area contributed by atoms with Gasteiger partial charge >= 0.3 is 5.97 Å². The van der Waals surface area contributed by atoms with Crippen molar-refractivity contribution < 1.29 is 19.1 Å². The predicted molar refractivity (Wildman–Crippen MR) is 83.1 cm³/mol. The van der Waals surface area contributed by atoms with Crippen LogP contribution in [-0.4, -0.2) is 23.0 Å². The normalized spacial score (nSPS) is 12.4. The number of rotatable bonds is 6. The second-order valence-corrected chi connectivity index (χ2v) is 5.38. The molecule has 6 nitrogen and oxygen atoms in total. The third-order valence-electron chi connectivity index (χ3n) is 2.89. The Morgan fingerprint density at radius 3 is 2.57 bits per heavy atom. The summed E-state index contributed by atoms with van der Waals surface area (Å²) < 4.78 is 13.0. The first-order valence-electron chi connectivity index (χ1n) is 6.61. The summed E-state index contributed by atoms with van der Waals surface area (Å²) >= 11 is 5.62. The highest BCUT2D eigenvalue weighted by Crippen LogP contribution is 2.19. The Bertz CT molecular complexity index is 683. The summed E-state index contributed by atoms with van der Waals surface area (Å²) in [6, 6.07) is 4.35. The largest absolute Gasteiger partial charge is 0.480 e. The standard InChI is InChI=1S/C15H15ClFN3O3/c1-8(2)13(15(22)23)20-14(21)9(6-18)7-19-10-3-4-12(17)11(16)5-10/h3-5,7-8,13,19H,1-2H3,(H,20,21)(H,22,23)/b9-7-. The molecule has 0 spiro atoms. The van der Waals surface area contributed by atoms with Crippen LogP contribution in [0.2, 0.25) is 5.02 Å². The summed E-state index contributed by atoms with van der Waals surface area (Å²) in [7, 11) is 0. The maximum Gasteiger partial charge on any atom is 0.326 e. The number of carbonyl (C=O) groups is 2. The van der Waals surface area contributed by atoms with E-state index in [0.717, 1.165) is 12.3 Å². The van der Waals surface area contributed by atoms with Gasteiger partial charge in [0.15, 0.2) is 0 Å². The fourth-order valence-electron chi connectivity index (χ4n) is 1.62. The lowest BCUT2D eigenvalue weighted by molar-refractivity contribution is -0.142. The van der Waals surface area contributed by atoms with Crippen molar-refractivity contribution in [3.8, 4) is 6.07 Å². The van der Waals surface area contributed by atoms with E-state index < -0.39 is 23.7 Å². The van der Waals surface area contributed by atoms with Gasteiger partial charge in [-0.1, -0.05) is 25.4 Å². The second-order valence-electron chi connectivity index (χ2n) is 4.98. The Morgan fingerprint density at radius 2 is 2.09 bits per heavy atom. The number of benzene rings is 1. The van der Waals surface area contributed by atoms with Crippen LogP contribution in [0.5, 0.6) is 0 Å². The van der Waals surface area contributed by atoms with Crippen molar-refractivity contribution in [2.24, 2.45) is 5.92 Å². The van der Waals surface area contributed by atoms with Gasteiger partial charge in [-0.3, -0.25) is 4.79 Å². The molecule has 1 unspecified atom stereocenters. The van der Waals surface area contributed by atoms with Crippen molar-refractivity contribution >= 4 is 29.2 Å². The van der Waals surface area contributed by atoms with E-state index in [1.165, 1.54) is 12.1 Å². The number of hydrogen-bond acceptors (Lipinski definition) is 4. The molecule has 1 aromatic rings. The van der Waals surface area contributed by atoms with E-state index in [2.05, 4.69) is 10.6 Å². The smallest absolute Gasteiger partial charge is 0.326 e. The minimum atomic E-state index is -1.19. The molecule has 0 aliphatic carbocycles. The molecular weight excluding hydrogens is 325 g/mol. The first-order valence-corrected chi connectivity index (χ1v) is 6.99. The summed E-state index contributed by atoms with van der Waals surface area (Å²) in [6.45, 7) is 3.27. The first kappa shape index (κ1) is 18.5. The Hall–Kier alpha value is -2.59. The molecular formula is C15H15ClFN3O3. The monoisotopic (exact) mass is 339 g/mol. The van der Waals surface area contributed by atoms with Gasteiger partial charge in [0.25, 0.3) is 5.91 Å². The van der Waals surface area contributed by atoms with Gasteiger partial charge in [0, 0.05) is 11.9 Å². The van der Waals surface area contributed by atoms with E-state index in [4.69, 9.17) is 22.0 Å². The molecule has 0 bridgehead atoms. The molecule has 0 aliphatic heterocycles. The highest BCUT2D eigenvalue weighted by molar-refractivity contribution is 6.31. The zero-order valence-corrected chi connectivity index (χ0v) is 13.2. The van der Waals surface area contributed by atoms with Crippen LogP contribution >= 0.6 is 11.6 Å². The zero-order valence-electron chi connectivity index (χ0n) is 12.4. The van der Waals surface area contributed by atoms with Crippen molar-refractivity contribution in [3.63, 3.8) is 0 Å². The molecule has 0 saturated heterocycles. The average Bonchev–Trinajstić information content (AvgIpc) is 2.48. The van der Waals surface area contributed by atoms with E-state index in [-0.39, 0.29) is 16.5 Å². The zero-order chi connectivity index (χ0) is 17.6. The van der Waals surface area contributed by atoms with Crippen LogP contribution in [0.1, 0.15) is 13.8 Å². The number of nitriles is 1. The summed E-state index contributed by atoms with van der Waals surface area (Å²) in [5, 5.41) is 22.8. The number of halogens is 2. The number of carbonyl (C=O) groups excluding carboxylic acids is 1. The number of aliphatic carboxylic acids is 1. The quantitative estimate of drug-likeness (QED) is 0.546. The summed E-state index contributed by atoms with van der Waals surface area (Å²) in [4.78, 5) is 23.0. The van der Waals surface area contributed by atoms with Crippen molar-refractivity contribution in [1.82, 2.24) is 5.32 Å². The topological polar surface area (TPSA) is 102 Å². The lowest BCUT2D eigenvalue weighted by Gasteiger charge is -2.17. The molecule has 0 radical (unpaired) electrons. The van der Waals surface area contributed by atoms with Crippen molar-refractivity contribution in [3.05, 3.63) is 40.8 Å². The molecule has 122 valence electrons. The van der Waals surface area contributed by atoms with E-state index in [0.29, 0.717) is 5.69 Å². The molecule has 23 heavy (non-hydrogen) atoms. The van der Waals surface area contributed by atoms with Gasteiger partial charge in [0.2, 0.25) is 0 Å². The van der Waals surface area contributed by atoms with Crippen LogP contribution in [0.4, 0.5) is 10.1 Å². The number of carboxylic acids is 1. The Labute approximate surface area is 137 Å². The maximum absolute atomic E-state index is 13.0. The minimum absolute atomic E-state index is 0.114. The van der Waals surface area contributed by atoms with Gasteiger partial charge in [-0.05, 0) is 24.1 Å². The lowest BCUT2D eigenvalue weighted by Crippen LogP contribution is -2.44. The number of nitrogens with one attached hydrogen (secondary N) is 2. The number of amides is 1. The van der Waals surface area contributed by atoms with Crippen LogP contribution < -0.4 is 10.6 Å². The highest BCUT2D eigenvalue weighted by Gasteiger charge is 2.24. The second kappa shape index (κ2) is 8.15. The van der Waals surface area contributed by atoms with Gasteiger partial charge in [-0.15, -0.1) is 0 Å². The van der Waals surface area contributed by atoms with Gasteiger partial charge in [-0.25, -0.2) is 9.18 Å². The SMILES string of the molecule is CC(C)C(NC(=O)/C(C#N)=C\Nc1ccc(F)c(Cl)c1)C(=O)O. The molecule has 3 N–H and O–H groups in total. The summed E-state index contributed by atoms with van der Waals surface area (Å²) in [5.74, 6) is -2.96. The number of carboxylic acid groups (broad SMARTS) is 1. The van der Waals surface area contributed by atoms with Gasteiger partial charge in [0.1, 0.15) is 23.5 Å². The molecule has 8 heteroatoms. The van der Waals surface area contributed by atoms with Crippen LogP contribution in [0.3, 0.4) is 0 Å². The number of hydrogen-bond donors (Lipinski definition) is 3. The highest BCUT2D eigenvalue weighted by atomic mass is 35.5. The van der Waals surface area contributed by atoms with E-state index in [1.54, 1.807) is 19.9 Å². The van der Waals surface area contributed by atoms with Crippen molar-refractivity contribution in [1.29, 1.82) is 5.26 Å². The fourth-order valence-corrected chi connectivity index (χ4v) is 1.80. The molecule has 1 aromatic carbocycles. The Kier molecular flexibility index (Phi) is 6.54. The number of nitrogens with zero attached hydrogens (tertiary/aromatic N) is 1. The van der Waals surface area contributed by atoms with E-state index in [9.17, 15) is 14.0 Å². The average molecular weight is 340 g/mol. The number of anilines is 1. The van der Waals surface area contributed by atoms with Gasteiger partial charge in [-0.2, -0.15) is 5.26 Å². The minimum Gasteiger partial charge on any atom is -0.480 e. The lowest BCUT2D eigenvalue weighted by atomic mass is 10.0. The van der Waals surface area contributed by atoms with Crippen LogP contribution in [-0.2, 0) is 9.59 Å². The molecule has 1 amide bonds. The van der Waals surface area contributed by atoms with Gasteiger partial charge < -0.3 is 15.7 Å². The molecule has 0 fully saturated rings. The molecule has 0 heterocycles. The molecule has 0 aliphatic rings. The Morgan fingerprint density at radius 1 is 1.43 bits per heavy atom. The first-order chi connectivity index (χ1) is 10.8. The van der Waals surface area contributed by atoms with E-state index in [1.807, 2.05) is 0 Å². The van der Waals surface area contributed by atoms with E-state index >= 15 is 0 Å². The van der Waals surface area contributed by atoms with Crippen molar-refractivity contribution in [2.45, 2.75) is 19.9 Å². The van der Waals surface area contributed by atoms with Crippen LogP contribution in [0.25, 0.3) is 0 Å². The molecule has 0 saturated carbocycles. The third-order valence-corrected chi connectivity index (χ3v) is 3.18. The van der Waals surface area contributed by atoms with Crippen LogP contribution in [0.15, 0.2) is 30.0 Å². The molecule has 0 aromatic heterocycles. The summed E-state index contributed by atoms with van der Waals surface area (Å²) in [6.07, 6.45) is 1.10. The van der Waals surface area contributed by atoms with Gasteiger partial charge in [0.05, 0.1) is 5.02 Å². The maximum atomic E-state index is 13.0. The predicted octanol–water partition coefficient (Wildman–Crippen LogP) is 2.52. The molecule has 1 rings (SSSR count). The third kappa shape index (κ3) is 5.27. The Balaban J connectivity index is 2.86.